The molecule has 0 saturated carbocycles. The number of anilines is 3. The molecule has 0 saturated heterocycles. The van der Waals surface area contributed by atoms with Crippen LogP contribution in [0.4, 0.5) is 17.1 Å². The smallest absolute Gasteiger partial charge is 0.0541 e. The highest BCUT2D eigenvalue weighted by atomic mass is 15.2. The Kier molecular flexibility index (Phi) is 8.09. The van der Waals surface area contributed by atoms with Gasteiger partial charge < -0.3 is 9.47 Å². The van der Waals surface area contributed by atoms with E-state index in [0.717, 1.165) is 22.7 Å². The van der Waals surface area contributed by atoms with Crippen LogP contribution in [-0.2, 0) is 10.8 Å². The minimum absolute atomic E-state index is 0.0652. The van der Waals surface area contributed by atoms with Crippen LogP contribution in [0, 0.1) is 0 Å². The summed E-state index contributed by atoms with van der Waals surface area (Å²) in [6, 6.07) is 69.3. The van der Waals surface area contributed by atoms with Gasteiger partial charge in [-0.1, -0.05) is 180 Å². The highest BCUT2D eigenvalue weighted by Gasteiger charge is 2.38. The fraction of sp³-hybridized carbons (Fsp3) is 0.127. The Morgan fingerprint density at radius 2 is 1.04 bits per heavy atom. The lowest BCUT2D eigenvalue weighted by Crippen LogP contribution is -2.17. The topological polar surface area (TPSA) is 8.17 Å². The maximum atomic E-state index is 2.48. The predicted octanol–water partition coefficient (Wildman–Crippen LogP) is 15.2. The van der Waals surface area contributed by atoms with Gasteiger partial charge in [0.2, 0.25) is 0 Å². The van der Waals surface area contributed by atoms with E-state index in [1.54, 1.807) is 0 Å². The van der Waals surface area contributed by atoms with Crippen LogP contribution in [-0.4, -0.2) is 4.57 Å². The minimum atomic E-state index is -0.132. The molecule has 2 nitrogen and oxygen atoms in total. The highest BCUT2D eigenvalue weighted by molar-refractivity contribution is 6.09. The summed E-state index contributed by atoms with van der Waals surface area (Å²) in [5.41, 5.74) is 18.4. The van der Waals surface area contributed by atoms with Gasteiger partial charge in [-0.15, -0.1) is 0 Å². The van der Waals surface area contributed by atoms with E-state index >= 15 is 0 Å². The molecular weight excluding hydrogens is 689 g/mol. The van der Waals surface area contributed by atoms with E-state index < -0.39 is 0 Å². The third kappa shape index (κ3) is 5.62. The van der Waals surface area contributed by atoms with Gasteiger partial charge in [0.25, 0.3) is 0 Å². The van der Waals surface area contributed by atoms with Crippen molar-refractivity contribution in [1.29, 1.82) is 0 Å². The lowest BCUT2D eigenvalue weighted by Gasteiger charge is -2.31. The van der Waals surface area contributed by atoms with Crippen molar-refractivity contribution in [2.75, 3.05) is 4.90 Å². The summed E-state index contributed by atoms with van der Waals surface area (Å²) >= 11 is 0. The molecule has 0 unspecified atom stereocenters. The summed E-state index contributed by atoms with van der Waals surface area (Å²) in [6.45, 7) is 11.7. The van der Waals surface area contributed by atoms with E-state index in [9.17, 15) is 0 Å². The van der Waals surface area contributed by atoms with E-state index in [2.05, 4.69) is 232 Å². The molecule has 0 fully saturated rings. The van der Waals surface area contributed by atoms with Gasteiger partial charge in [0.05, 0.1) is 22.4 Å². The van der Waals surface area contributed by atoms with Crippen LogP contribution in [0.5, 0.6) is 0 Å². The first kappa shape index (κ1) is 34.8. The van der Waals surface area contributed by atoms with Crippen molar-refractivity contribution < 1.29 is 0 Å². The van der Waals surface area contributed by atoms with E-state index in [-0.39, 0.29) is 10.8 Å². The third-order valence-corrected chi connectivity index (χ3v) is 12.2. The van der Waals surface area contributed by atoms with Gasteiger partial charge in [-0.05, 0) is 86.8 Å². The van der Waals surface area contributed by atoms with E-state index in [1.807, 2.05) is 0 Å². The molecule has 0 amide bonds. The average molecular weight is 735 g/mol. The van der Waals surface area contributed by atoms with Gasteiger partial charge in [-0.3, -0.25) is 0 Å². The van der Waals surface area contributed by atoms with Gasteiger partial charge in [-0.2, -0.15) is 0 Å². The molecule has 2 heteroatoms. The quantitative estimate of drug-likeness (QED) is 0.165. The zero-order valence-electron chi connectivity index (χ0n) is 33.3. The Labute approximate surface area is 336 Å². The largest absolute Gasteiger partial charge is 0.309 e. The minimum Gasteiger partial charge on any atom is -0.309 e. The molecule has 1 aliphatic rings. The maximum absolute atomic E-state index is 2.48. The van der Waals surface area contributed by atoms with Crippen molar-refractivity contribution in [3.8, 4) is 39.1 Å². The van der Waals surface area contributed by atoms with E-state index in [4.69, 9.17) is 0 Å². The first-order valence-corrected chi connectivity index (χ1v) is 20.1. The fourth-order valence-electron chi connectivity index (χ4n) is 9.29. The second kappa shape index (κ2) is 13.2. The Balaban J connectivity index is 1.23. The molecule has 276 valence electrons. The van der Waals surface area contributed by atoms with Gasteiger partial charge >= 0.3 is 0 Å². The van der Waals surface area contributed by atoms with E-state index in [0.29, 0.717) is 0 Å². The number of benzene rings is 8. The number of rotatable bonds is 6. The molecular formula is C55H46N2. The second-order valence-corrected chi connectivity index (χ2v) is 17.0. The molecule has 0 spiro atoms. The Morgan fingerprint density at radius 1 is 0.456 bits per heavy atom. The van der Waals surface area contributed by atoms with Crippen LogP contribution in [0.2, 0.25) is 0 Å². The highest BCUT2D eigenvalue weighted by Crippen LogP contribution is 2.55. The Morgan fingerprint density at radius 3 is 1.74 bits per heavy atom. The third-order valence-electron chi connectivity index (χ3n) is 12.2. The van der Waals surface area contributed by atoms with Gasteiger partial charge in [-0.25, -0.2) is 0 Å². The number of fused-ring (bicyclic) bond motifs is 6. The van der Waals surface area contributed by atoms with Crippen molar-refractivity contribution in [1.82, 2.24) is 4.57 Å². The number of para-hydroxylation sites is 4. The average Bonchev–Trinajstić information content (AvgIpc) is 3.70. The van der Waals surface area contributed by atoms with E-state index in [1.165, 1.54) is 71.9 Å². The zero-order chi connectivity index (χ0) is 38.9. The standard InChI is InChI=1S/C55H46N2/c1-54(2,3)38-33-34-46-48(35-38)55(4,5)47-28-18-27-45(53(46)47)44-26-12-16-32-52(44)56(49-29-13-9-23-41(49)37-19-7-6-8-20-37)39-21-17-22-40(36-39)57-50-30-14-10-24-42(50)43-25-11-15-31-51(43)57/h6-36H,1-5H3. The molecule has 1 aromatic heterocycles. The van der Waals surface area contributed by atoms with Crippen molar-refractivity contribution in [2.24, 2.45) is 0 Å². The maximum Gasteiger partial charge on any atom is 0.0541 e. The molecule has 0 N–H and O–H groups in total. The van der Waals surface area contributed by atoms with Crippen LogP contribution in [0.1, 0.15) is 51.3 Å². The first-order valence-electron chi connectivity index (χ1n) is 20.1. The molecule has 0 radical (unpaired) electrons. The lowest BCUT2D eigenvalue weighted by molar-refractivity contribution is 0.584. The van der Waals surface area contributed by atoms with Crippen LogP contribution in [0.25, 0.3) is 60.9 Å². The van der Waals surface area contributed by atoms with Gasteiger partial charge in [0.15, 0.2) is 0 Å². The molecule has 1 heterocycles. The van der Waals surface area contributed by atoms with Crippen molar-refractivity contribution in [3.63, 3.8) is 0 Å². The second-order valence-electron chi connectivity index (χ2n) is 17.0. The predicted molar refractivity (Wildman–Crippen MR) is 243 cm³/mol. The first-order chi connectivity index (χ1) is 27.7. The van der Waals surface area contributed by atoms with Crippen molar-refractivity contribution >= 4 is 38.9 Å². The molecule has 1 aliphatic carbocycles. The SMILES string of the molecule is CC(C)(C)c1ccc2c(c1)C(C)(C)c1cccc(-c3ccccc3N(c3cccc(-n4c5ccccc5c5ccccc54)c3)c3ccccc3-c3ccccc3)c1-2. The number of hydrogen-bond donors (Lipinski definition) is 0. The molecule has 0 bridgehead atoms. The van der Waals surface area contributed by atoms with Gasteiger partial charge in [0.1, 0.15) is 0 Å². The van der Waals surface area contributed by atoms with Crippen LogP contribution < -0.4 is 4.90 Å². The molecule has 9 aromatic rings. The summed E-state index contributed by atoms with van der Waals surface area (Å²) < 4.78 is 2.41. The lowest BCUT2D eigenvalue weighted by atomic mass is 9.79. The monoisotopic (exact) mass is 734 g/mol. The summed E-state index contributed by atoms with van der Waals surface area (Å²) in [7, 11) is 0. The van der Waals surface area contributed by atoms with Crippen LogP contribution >= 0.6 is 0 Å². The number of aromatic nitrogens is 1. The summed E-state index contributed by atoms with van der Waals surface area (Å²) in [5, 5.41) is 2.51. The van der Waals surface area contributed by atoms with Crippen LogP contribution in [0.15, 0.2) is 188 Å². The summed E-state index contributed by atoms with van der Waals surface area (Å²) in [4.78, 5) is 2.48. The molecule has 10 rings (SSSR count). The molecule has 57 heavy (non-hydrogen) atoms. The van der Waals surface area contributed by atoms with Crippen molar-refractivity contribution in [3.05, 3.63) is 205 Å². The van der Waals surface area contributed by atoms with Crippen LogP contribution in [0.3, 0.4) is 0 Å². The number of hydrogen-bond acceptors (Lipinski definition) is 1. The Bertz CT molecular complexity index is 2920. The molecule has 8 aromatic carbocycles. The summed E-state index contributed by atoms with van der Waals surface area (Å²) in [6.07, 6.45) is 0. The fourth-order valence-corrected chi connectivity index (χ4v) is 9.29. The van der Waals surface area contributed by atoms with Gasteiger partial charge in [0, 0.05) is 38.7 Å². The number of nitrogens with zero attached hydrogens (tertiary/aromatic N) is 2. The normalized spacial score (nSPS) is 13.1. The molecule has 0 aliphatic heterocycles. The summed E-state index contributed by atoms with van der Waals surface area (Å²) in [5.74, 6) is 0. The Hall–Kier alpha value is -6.64. The van der Waals surface area contributed by atoms with Crippen molar-refractivity contribution in [2.45, 2.75) is 45.4 Å². The molecule has 0 atom stereocenters. The zero-order valence-corrected chi connectivity index (χ0v) is 33.3.